The van der Waals surface area contributed by atoms with E-state index >= 15 is 0 Å². The smallest absolute Gasteiger partial charge is 0.268 e. The number of benzene rings is 2. The van der Waals surface area contributed by atoms with E-state index in [4.69, 9.17) is 5.73 Å². The van der Waals surface area contributed by atoms with Gasteiger partial charge in [0.25, 0.3) is 5.91 Å². The molecular formula is C20H18N4O2. The van der Waals surface area contributed by atoms with Gasteiger partial charge in [0.15, 0.2) is 0 Å². The summed E-state index contributed by atoms with van der Waals surface area (Å²) in [6.07, 6.45) is 0.169. The molecule has 1 unspecified atom stereocenters. The van der Waals surface area contributed by atoms with Crippen LogP contribution in [-0.4, -0.2) is 30.1 Å². The highest BCUT2D eigenvalue weighted by Gasteiger charge is 2.34. The molecule has 0 aromatic heterocycles. The molecule has 0 saturated carbocycles. The Morgan fingerprint density at radius 2 is 1.77 bits per heavy atom. The summed E-state index contributed by atoms with van der Waals surface area (Å²) < 4.78 is 0. The predicted octanol–water partition coefficient (Wildman–Crippen LogP) is 1.27. The first kappa shape index (κ1) is 17.2. The first-order valence-electron chi connectivity index (χ1n) is 8.18. The zero-order chi connectivity index (χ0) is 18.4. The quantitative estimate of drug-likeness (QED) is 0.818. The van der Waals surface area contributed by atoms with E-state index in [1.54, 1.807) is 0 Å². The van der Waals surface area contributed by atoms with Gasteiger partial charge in [-0.25, -0.2) is 0 Å². The van der Waals surface area contributed by atoms with Gasteiger partial charge >= 0.3 is 0 Å². The maximum absolute atomic E-state index is 12.3. The van der Waals surface area contributed by atoms with Crippen molar-refractivity contribution < 1.29 is 9.59 Å². The molecule has 6 heteroatoms. The molecule has 1 atom stereocenters. The molecule has 2 aromatic carbocycles. The Bertz CT molecular complexity index is 882. The molecule has 0 bridgehead atoms. The third-order valence-corrected chi connectivity index (χ3v) is 3.87. The van der Waals surface area contributed by atoms with Gasteiger partial charge in [-0.2, -0.15) is 5.10 Å². The Morgan fingerprint density at radius 3 is 2.42 bits per heavy atom. The van der Waals surface area contributed by atoms with E-state index in [-0.39, 0.29) is 24.6 Å². The minimum atomic E-state index is -0.673. The average molecular weight is 346 g/mol. The largest absolute Gasteiger partial charge is 0.368 e. The molecule has 0 spiro atoms. The van der Waals surface area contributed by atoms with Crippen LogP contribution in [0, 0.1) is 11.8 Å². The Morgan fingerprint density at radius 1 is 1.12 bits per heavy atom. The molecule has 3 rings (SSSR count). The second kappa shape index (κ2) is 7.99. The second-order valence-corrected chi connectivity index (χ2v) is 5.70. The fraction of sp³-hybridized carbons (Fsp3) is 0.150. The van der Waals surface area contributed by atoms with E-state index in [0.717, 1.165) is 5.56 Å². The molecule has 0 saturated heterocycles. The molecule has 1 heterocycles. The monoisotopic (exact) mass is 346 g/mol. The van der Waals surface area contributed by atoms with Crippen molar-refractivity contribution in [1.29, 1.82) is 0 Å². The highest BCUT2D eigenvalue weighted by atomic mass is 16.2. The van der Waals surface area contributed by atoms with Gasteiger partial charge in [-0.05, 0) is 24.3 Å². The van der Waals surface area contributed by atoms with Crippen LogP contribution in [0.2, 0.25) is 0 Å². The van der Waals surface area contributed by atoms with E-state index in [1.807, 2.05) is 60.7 Å². The summed E-state index contributed by atoms with van der Waals surface area (Å²) >= 11 is 0. The van der Waals surface area contributed by atoms with Crippen LogP contribution in [0.5, 0.6) is 0 Å². The molecule has 2 amide bonds. The van der Waals surface area contributed by atoms with Crippen LogP contribution < -0.4 is 16.1 Å². The number of rotatable bonds is 4. The number of carbonyl (C=O) groups is 2. The highest BCUT2D eigenvalue weighted by molar-refractivity contribution is 6.40. The van der Waals surface area contributed by atoms with Crippen LogP contribution in [0.3, 0.4) is 0 Å². The first-order valence-corrected chi connectivity index (χ1v) is 8.18. The van der Waals surface area contributed by atoms with Crippen LogP contribution in [0.4, 0.5) is 5.69 Å². The molecule has 6 nitrogen and oxygen atoms in total. The SMILES string of the molecule is NC(=O)C1CC(C(=O)NCC#Cc2ccccc2)=NN1c1ccccc1. The summed E-state index contributed by atoms with van der Waals surface area (Å²) in [5, 5.41) is 8.48. The summed E-state index contributed by atoms with van der Waals surface area (Å²) in [5.74, 6) is 4.98. The molecule has 130 valence electrons. The Hall–Kier alpha value is -3.59. The van der Waals surface area contributed by atoms with Gasteiger partial charge < -0.3 is 11.1 Å². The van der Waals surface area contributed by atoms with Gasteiger partial charge in [0.1, 0.15) is 11.8 Å². The van der Waals surface area contributed by atoms with Crippen molar-refractivity contribution in [3.8, 4) is 11.8 Å². The maximum atomic E-state index is 12.3. The lowest BCUT2D eigenvalue weighted by atomic mass is 10.1. The number of nitrogens with two attached hydrogens (primary N) is 1. The van der Waals surface area contributed by atoms with Gasteiger partial charge in [0.2, 0.25) is 5.91 Å². The van der Waals surface area contributed by atoms with Crippen molar-refractivity contribution >= 4 is 23.2 Å². The lowest BCUT2D eigenvalue weighted by Gasteiger charge is -2.20. The van der Waals surface area contributed by atoms with Crippen molar-refractivity contribution in [2.75, 3.05) is 11.6 Å². The van der Waals surface area contributed by atoms with Crippen molar-refractivity contribution in [3.63, 3.8) is 0 Å². The van der Waals surface area contributed by atoms with Gasteiger partial charge in [-0.1, -0.05) is 48.2 Å². The third-order valence-electron chi connectivity index (χ3n) is 3.87. The molecule has 0 radical (unpaired) electrons. The van der Waals surface area contributed by atoms with E-state index < -0.39 is 11.9 Å². The summed E-state index contributed by atoms with van der Waals surface area (Å²) in [6, 6.07) is 18.0. The van der Waals surface area contributed by atoms with E-state index in [1.165, 1.54) is 5.01 Å². The van der Waals surface area contributed by atoms with Gasteiger partial charge in [0, 0.05) is 12.0 Å². The van der Waals surface area contributed by atoms with E-state index in [2.05, 4.69) is 22.3 Å². The highest BCUT2D eigenvalue weighted by Crippen LogP contribution is 2.24. The maximum Gasteiger partial charge on any atom is 0.268 e. The summed E-state index contributed by atoms with van der Waals surface area (Å²) in [5.41, 5.74) is 7.32. The van der Waals surface area contributed by atoms with Crippen molar-refractivity contribution in [3.05, 3.63) is 66.2 Å². The number of hydrogen-bond donors (Lipinski definition) is 2. The molecular weight excluding hydrogens is 328 g/mol. The molecule has 26 heavy (non-hydrogen) atoms. The molecule has 1 aliphatic rings. The Balaban J connectivity index is 1.65. The number of anilines is 1. The number of nitrogens with one attached hydrogen (secondary N) is 1. The van der Waals surface area contributed by atoms with Gasteiger partial charge in [-0.3, -0.25) is 14.6 Å². The van der Waals surface area contributed by atoms with Crippen molar-refractivity contribution in [1.82, 2.24) is 5.32 Å². The Kier molecular flexibility index (Phi) is 5.30. The predicted molar refractivity (Wildman–Crippen MR) is 100 cm³/mol. The molecule has 2 aromatic rings. The minimum absolute atomic E-state index is 0.169. The number of para-hydroxylation sites is 1. The normalized spacial score (nSPS) is 15.6. The van der Waals surface area contributed by atoms with E-state index in [0.29, 0.717) is 5.69 Å². The minimum Gasteiger partial charge on any atom is -0.368 e. The third kappa shape index (κ3) is 4.08. The fourth-order valence-corrected chi connectivity index (χ4v) is 2.58. The zero-order valence-corrected chi connectivity index (χ0v) is 14.1. The number of hydrogen-bond acceptors (Lipinski definition) is 4. The van der Waals surface area contributed by atoms with Crippen LogP contribution in [0.25, 0.3) is 0 Å². The van der Waals surface area contributed by atoms with Crippen molar-refractivity contribution in [2.24, 2.45) is 10.8 Å². The lowest BCUT2D eigenvalue weighted by molar-refractivity contribution is -0.119. The van der Waals surface area contributed by atoms with Crippen LogP contribution in [-0.2, 0) is 9.59 Å². The molecule has 1 aliphatic heterocycles. The van der Waals surface area contributed by atoms with Crippen LogP contribution in [0.15, 0.2) is 65.8 Å². The average Bonchev–Trinajstić information content (AvgIpc) is 3.12. The number of carbonyl (C=O) groups excluding carboxylic acids is 2. The summed E-state index contributed by atoms with van der Waals surface area (Å²) in [4.78, 5) is 24.0. The molecule has 3 N–H and O–H groups in total. The van der Waals surface area contributed by atoms with Crippen molar-refractivity contribution in [2.45, 2.75) is 12.5 Å². The number of amides is 2. The fourth-order valence-electron chi connectivity index (χ4n) is 2.58. The number of primary amides is 1. The van der Waals surface area contributed by atoms with Gasteiger partial charge in [-0.15, -0.1) is 0 Å². The topological polar surface area (TPSA) is 87.8 Å². The summed E-state index contributed by atoms with van der Waals surface area (Å²) in [7, 11) is 0. The molecule has 0 fully saturated rings. The van der Waals surface area contributed by atoms with Gasteiger partial charge in [0.05, 0.1) is 12.2 Å². The second-order valence-electron chi connectivity index (χ2n) is 5.70. The molecule has 0 aliphatic carbocycles. The van der Waals surface area contributed by atoms with Crippen LogP contribution >= 0.6 is 0 Å². The number of hydrazone groups is 1. The van der Waals surface area contributed by atoms with E-state index in [9.17, 15) is 9.59 Å². The zero-order valence-electron chi connectivity index (χ0n) is 14.1. The summed E-state index contributed by atoms with van der Waals surface area (Å²) in [6.45, 7) is 0.194. The standard InChI is InChI=1S/C20H18N4O2/c21-19(25)18-14-17(23-24(18)16-11-5-2-6-12-16)20(26)22-13-7-10-15-8-3-1-4-9-15/h1-6,8-9,11-12,18H,13-14H2,(H2,21,25)(H,22,26). The Labute approximate surface area is 151 Å². The van der Waals surface area contributed by atoms with Crippen LogP contribution in [0.1, 0.15) is 12.0 Å². The lowest BCUT2D eigenvalue weighted by Crippen LogP contribution is -2.39. The number of nitrogens with zero attached hydrogens (tertiary/aromatic N) is 2. The first-order chi connectivity index (χ1) is 12.6.